The SMILES string of the molecule is CCCN(CCO)C(=O)C1CCCOC1. The maximum absolute atomic E-state index is 12.0. The molecule has 15 heavy (non-hydrogen) atoms. The van der Waals surface area contributed by atoms with Gasteiger partial charge in [-0.05, 0) is 19.3 Å². The van der Waals surface area contributed by atoms with Gasteiger partial charge >= 0.3 is 0 Å². The average molecular weight is 215 g/mol. The van der Waals surface area contributed by atoms with Crippen LogP contribution in [0.15, 0.2) is 0 Å². The van der Waals surface area contributed by atoms with Crippen molar-refractivity contribution in [3.8, 4) is 0 Å². The van der Waals surface area contributed by atoms with Crippen molar-refractivity contribution in [2.24, 2.45) is 5.92 Å². The minimum atomic E-state index is 0.0110. The Morgan fingerprint density at radius 1 is 1.53 bits per heavy atom. The summed E-state index contributed by atoms with van der Waals surface area (Å²) in [5.41, 5.74) is 0. The average Bonchev–Trinajstić information content (AvgIpc) is 2.29. The fourth-order valence-corrected chi connectivity index (χ4v) is 1.92. The smallest absolute Gasteiger partial charge is 0.228 e. The molecule has 1 aliphatic rings. The van der Waals surface area contributed by atoms with E-state index in [-0.39, 0.29) is 18.4 Å². The highest BCUT2D eigenvalue weighted by molar-refractivity contribution is 5.79. The number of aliphatic hydroxyl groups is 1. The quantitative estimate of drug-likeness (QED) is 0.732. The molecule has 0 aromatic carbocycles. The molecule has 1 saturated heterocycles. The molecule has 4 nitrogen and oxygen atoms in total. The Balaban J connectivity index is 2.45. The van der Waals surface area contributed by atoms with Crippen molar-refractivity contribution in [1.29, 1.82) is 0 Å². The van der Waals surface area contributed by atoms with Crippen molar-refractivity contribution in [1.82, 2.24) is 4.90 Å². The van der Waals surface area contributed by atoms with Crippen LogP contribution in [0.5, 0.6) is 0 Å². The summed E-state index contributed by atoms with van der Waals surface area (Å²) in [5.74, 6) is 0.155. The lowest BCUT2D eigenvalue weighted by molar-refractivity contribution is -0.140. The van der Waals surface area contributed by atoms with Gasteiger partial charge in [0.25, 0.3) is 0 Å². The van der Waals surface area contributed by atoms with Crippen molar-refractivity contribution >= 4 is 5.91 Å². The number of aliphatic hydroxyl groups excluding tert-OH is 1. The lowest BCUT2D eigenvalue weighted by Crippen LogP contribution is -2.41. The van der Waals surface area contributed by atoms with Crippen LogP contribution in [0.3, 0.4) is 0 Å². The molecule has 1 fully saturated rings. The summed E-state index contributed by atoms with van der Waals surface area (Å²) in [7, 11) is 0. The van der Waals surface area contributed by atoms with E-state index in [9.17, 15) is 4.79 Å². The third-order valence-corrected chi connectivity index (χ3v) is 2.68. The third kappa shape index (κ3) is 3.80. The molecule has 0 spiro atoms. The summed E-state index contributed by atoms with van der Waals surface area (Å²) in [6.45, 7) is 4.58. The minimum absolute atomic E-state index is 0.0110. The van der Waals surface area contributed by atoms with Crippen molar-refractivity contribution in [3.05, 3.63) is 0 Å². The number of hydrogen-bond donors (Lipinski definition) is 1. The minimum Gasteiger partial charge on any atom is -0.395 e. The van der Waals surface area contributed by atoms with Gasteiger partial charge in [0.1, 0.15) is 0 Å². The van der Waals surface area contributed by atoms with E-state index in [0.717, 1.165) is 32.4 Å². The van der Waals surface area contributed by atoms with E-state index < -0.39 is 0 Å². The van der Waals surface area contributed by atoms with Gasteiger partial charge in [0.15, 0.2) is 0 Å². The first-order valence-corrected chi connectivity index (χ1v) is 5.77. The van der Waals surface area contributed by atoms with Gasteiger partial charge in [-0.25, -0.2) is 0 Å². The van der Waals surface area contributed by atoms with Crippen LogP contribution in [0.4, 0.5) is 0 Å². The van der Waals surface area contributed by atoms with Crippen molar-refractivity contribution < 1.29 is 14.6 Å². The molecule has 88 valence electrons. The highest BCUT2D eigenvalue weighted by Gasteiger charge is 2.25. The summed E-state index contributed by atoms with van der Waals surface area (Å²) in [6.07, 6.45) is 2.82. The second-order valence-corrected chi connectivity index (χ2v) is 3.96. The van der Waals surface area contributed by atoms with E-state index >= 15 is 0 Å². The second kappa shape index (κ2) is 6.80. The fourth-order valence-electron chi connectivity index (χ4n) is 1.92. The molecule has 0 aromatic heterocycles. The lowest BCUT2D eigenvalue weighted by atomic mass is 10.0. The summed E-state index contributed by atoms with van der Waals surface area (Å²) in [5, 5.41) is 8.89. The van der Waals surface area contributed by atoms with E-state index in [0.29, 0.717) is 13.2 Å². The number of hydrogen-bond acceptors (Lipinski definition) is 3. The van der Waals surface area contributed by atoms with Crippen molar-refractivity contribution in [2.45, 2.75) is 26.2 Å². The van der Waals surface area contributed by atoms with Crippen LogP contribution in [0.25, 0.3) is 0 Å². The van der Waals surface area contributed by atoms with E-state index in [1.165, 1.54) is 0 Å². The molecule has 0 bridgehead atoms. The zero-order chi connectivity index (χ0) is 11.1. The number of carbonyl (C=O) groups excluding carboxylic acids is 1. The highest BCUT2D eigenvalue weighted by atomic mass is 16.5. The molecular formula is C11H21NO3. The lowest BCUT2D eigenvalue weighted by Gasteiger charge is -2.28. The summed E-state index contributed by atoms with van der Waals surface area (Å²) >= 11 is 0. The largest absolute Gasteiger partial charge is 0.395 e. The topological polar surface area (TPSA) is 49.8 Å². The Hall–Kier alpha value is -0.610. The predicted octanol–water partition coefficient (Wildman–Crippen LogP) is 0.644. The summed E-state index contributed by atoms with van der Waals surface area (Å²) < 4.78 is 5.30. The molecule has 0 radical (unpaired) electrons. The number of amides is 1. The molecule has 1 amide bonds. The molecule has 1 rings (SSSR count). The van der Waals surface area contributed by atoms with Crippen LogP contribution in [0.2, 0.25) is 0 Å². The molecule has 0 aliphatic carbocycles. The monoisotopic (exact) mass is 215 g/mol. The first-order valence-electron chi connectivity index (χ1n) is 5.77. The number of ether oxygens (including phenoxy) is 1. The van der Waals surface area contributed by atoms with Gasteiger partial charge in [-0.3, -0.25) is 4.79 Å². The van der Waals surface area contributed by atoms with Crippen LogP contribution in [0.1, 0.15) is 26.2 Å². The van der Waals surface area contributed by atoms with E-state index in [1.54, 1.807) is 4.90 Å². The molecule has 1 unspecified atom stereocenters. The molecule has 0 aromatic rings. The van der Waals surface area contributed by atoms with Gasteiger partial charge in [0.2, 0.25) is 5.91 Å². The van der Waals surface area contributed by atoms with Crippen molar-refractivity contribution in [2.75, 3.05) is 32.9 Å². The van der Waals surface area contributed by atoms with Gasteiger partial charge < -0.3 is 14.7 Å². The van der Waals surface area contributed by atoms with E-state index in [4.69, 9.17) is 9.84 Å². The Kier molecular flexibility index (Phi) is 5.65. The molecule has 1 heterocycles. The van der Waals surface area contributed by atoms with Crippen molar-refractivity contribution in [3.63, 3.8) is 0 Å². The second-order valence-electron chi connectivity index (χ2n) is 3.96. The summed E-state index contributed by atoms with van der Waals surface area (Å²) in [6, 6.07) is 0. The van der Waals surface area contributed by atoms with Gasteiger partial charge in [-0.1, -0.05) is 6.92 Å². The fraction of sp³-hybridized carbons (Fsp3) is 0.909. The van der Waals surface area contributed by atoms with Crippen LogP contribution < -0.4 is 0 Å². The molecule has 4 heteroatoms. The number of carbonyl (C=O) groups is 1. The van der Waals surface area contributed by atoms with Crippen LogP contribution in [-0.4, -0.2) is 48.8 Å². The van der Waals surface area contributed by atoms with Crippen LogP contribution >= 0.6 is 0 Å². The molecule has 1 atom stereocenters. The number of nitrogens with zero attached hydrogens (tertiary/aromatic N) is 1. The molecule has 1 N–H and O–H groups in total. The van der Waals surface area contributed by atoms with Crippen LogP contribution in [0, 0.1) is 5.92 Å². The normalized spacial score (nSPS) is 21.3. The standard InChI is InChI=1S/C11H21NO3/c1-2-5-12(6-7-13)11(14)10-4-3-8-15-9-10/h10,13H,2-9H2,1H3. The van der Waals surface area contributed by atoms with Crippen LogP contribution in [-0.2, 0) is 9.53 Å². The zero-order valence-corrected chi connectivity index (χ0v) is 9.45. The highest BCUT2D eigenvalue weighted by Crippen LogP contribution is 2.16. The number of rotatable bonds is 5. The Bertz CT molecular complexity index is 184. The zero-order valence-electron chi connectivity index (χ0n) is 9.45. The summed E-state index contributed by atoms with van der Waals surface area (Å²) in [4.78, 5) is 13.8. The Labute approximate surface area is 91.2 Å². The Morgan fingerprint density at radius 3 is 2.87 bits per heavy atom. The molecule has 0 saturated carbocycles. The Morgan fingerprint density at radius 2 is 2.33 bits per heavy atom. The molecule has 1 aliphatic heterocycles. The maximum atomic E-state index is 12.0. The molecular weight excluding hydrogens is 194 g/mol. The first kappa shape index (κ1) is 12.5. The van der Waals surface area contributed by atoms with E-state index in [1.807, 2.05) is 6.92 Å². The van der Waals surface area contributed by atoms with Gasteiger partial charge in [0, 0.05) is 19.7 Å². The van der Waals surface area contributed by atoms with Gasteiger partial charge in [-0.2, -0.15) is 0 Å². The van der Waals surface area contributed by atoms with Gasteiger partial charge in [-0.15, -0.1) is 0 Å². The third-order valence-electron chi connectivity index (χ3n) is 2.68. The van der Waals surface area contributed by atoms with Gasteiger partial charge in [0.05, 0.1) is 19.1 Å². The first-order chi connectivity index (χ1) is 7.29. The van der Waals surface area contributed by atoms with E-state index in [2.05, 4.69) is 0 Å². The maximum Gasteiger partial charge on any atom is 0.228 e. The predicted molar refractivity (Wildman–Crippen MR) is 57.5 cm³/mol.